The van der Waals surface area contributed by atoms with E-state index in [0.29, 0.717) is 12.2 Å². The molecule has 1 aliphatic heterocycles. The average molecular weight is 249 g/mol. The molecule has 6 nitrogen and oxygen atoms in total. The molecule has 1 aliphatic rings. The van der Waals surface area contributed by atoms with Crippen LogP contribution in [0, 0.1) is 0 Å². The standard InChI is InChI=1S/C12H19N5O/c18-12(11-10-14-3-4-15-11)16-2-1-7-17-8-5-13-6-9-17/h3-4,10,13H,1-2,5-9H2,(H,16,18). The lowest BCUT2D eigenvalue weighted by molar-refractivity contribution is 0.0946. The summed E-state index contributed by atoms with van der Waals surface area (Å²) in [5.41, 5.74) is 0.375. The van der Waals surface area contributed by atoms with Crippen molar-refractivity contribution < 1.29 is 4.79 Å². The molecule has 0 aromatic carbocycles. The summed E-state index contributed by atoms with van der Waals surface area (Å²) in [6.45, 7) is 6.02. The fourth-order valence-electron chi connectivity index (χ4n) is 1.95. The van der Waals surface area contributed by atoms with Crippen LogP contribution in [0.5, 0.6) is 0 Å². The highest BCUT2D eigenvalue weighted by Gasteiger charge is 2.09. The van der Waals surface area contributed by atoms with Crippen LogP contribution in [0.1, 0.15) is 16.9 Å². The molecule has 1 saturated heterocycles. The molecular weight excluding hydrogens is 230 g/mol. The second kappa shape index (κ2) is 7.03. The molecule has 2 heterocycles. The van der Waals surface area contributed by atoms with Gasteiger partial charge in [-0.25, -0.2) is 4.98 Å². The Morgan fingerprint density at radius 1 is 1.39 bits per heavy atom. The molecule has 6 heteroatoms. The molecule has 0 radical (unpaired) electrons. The van der Waals surface area contributed by atoms with Crippen molar-refractivity contribution in [1.29, 1.82) is 0 Å². The molecule has 0 bridgehead atoms. The molecular formula is C12H19N5O. The van der Waals surface area contributed by atoms with Crippen molar-refractivity contribution in [2.45, 2.75) is 6.42 Å². The van der Waals surface area contributed by atoms with Gasteiger partial charge in [-0.1, -0.05) is 0 Å². The minimum absolute atomic E-state index is 0.150. The van der Waals surface area contributed by atoms with Crippen molar-refractivity contribution in [1.82, 2.24) is 25.5 Å². The summed E-state index contributed by atoms with van der Waals surface area (Å²) in [6, 6.07) is 0. The molecule has 1 aromatic rings. The van der Waals surface area contributed by atoms with Crippen molar-refractivity contribution in [2.75, 3.05) is 39.3 Å². The van der Waals surface area contributed by atoms with Gasteiger partial charge in [0.05, 0.1) is 6.20 Å². The monoisotopic (exact) mass is 249 g/mol. The molecule has 98 valence electrons. The largest absolute Gasteiger partial charge is 0.351 e. The number of amides is 1. The Morgan fingerprint density at radius 3 is 2.94 bits per heavy atom. The number of hydrogen-bond acceptors (Lipinski definition) is 5. The van der Waals surface area contributed by atoms with Gasteiger partial charge in [0.1, 0.15) is 5.69 Å². The Balaban J connectivity index is 1.62. The second-order valence-corrected chi connectivity index (χ2v) is 4.29. The van der Waals surface area contributed by atoms with Gasteiger partial charge in [-0.3, -0.25) is 9.78 Å². The summed E-state index contributed by atoms with van der Waals surface area (Å²) in [5.74, 6) is -0.150. The third-order valence-corrected chi connectivity index (χ3v) is 2.94. The van der Waals surface area contributed by atoms with Crippen LogP contribution in [0.4, 0.5) is 0 Å². The van der Waals surface area contributed by atoms with Crippen molar-refractivity contribution in [2.24, 2.45) is 0 Å². The van der Waals surface area contributed by atoms with Gasteiger partial charge < -0.3 is 15.5 Å². The zero-order chi connectivity index (χ0) is 12.6. The maximum Gasteiger partial charge on any atom is 0.271 e. The van der Waals surface area contributed by atoms with Crippen LogP contribution in [0.3, 0.4) is 0 Å². The number of rotatable bonds is 5. The van der Waals surface area contributed by atoms with E-state index in [4.69, 9.17) is 0 Å². The third kappa shape index (κ3) is 4.05. The first-order chi connectivity index (χ1) is 8.86. The number of aromatic nitrogens is 2. The van der Waals surface area contributed by atoms with E-state index in [-0.39, 0.29) is 5.91 Å². The summed E-state index contributed by atoms with van der Waals surface area (Å²) >= 11 is 0. The van der Waals surface area contributed by atoms with Crippen LogP contribution in [0.15, 0.2) is 18.6 Å². The van der Waals surface area contributed by atoms with Crippen LogP contribution in [0.25, 0.3) is 0 Å². The van der Waals surface area contributed by atoms with Crippen LogP contribution in [-0.4, -0.2) is 60.0 Å². The van der Waals surface area contributed by atoms with Gasteiger partial charge >= 0.3 is 0 Å². The van der Waals surface area contributed by atoms with E-state index in [1.807, 2.05) is 0 Å². The number of carbonyl (C=O) groups is 1. The second-order valence-electron chi connectivity index (χ2n) is 4.29. The Hall–Kier alpha value is -1.53. The molecule has 1 aromatic heterocycles. The van der Waals surface area contributed by atoms with E-state index < -0.39 is 0 Å². The van der Waals surface area contributed by atoms with Gasteiger partial charge in [0.25, 0.3) is 5.91 Å². The van der Waals surface area contributed by atoms with E-state index in [1.165, 1.54) is 12.4 Å². The molecule has 0 aliphatic carbocycles. The van der Waals surface area contributed by atoms with Crippen molar-refractivity contribution in [3.8, 4) is 0 Å². The van der Waals surface area contributed by atoms with E-state index in [9.17, 15) is 4.79 Å². The summed E-state index contributed by atoms with van der Waals surface area (Å²) in [6.07, 6.45) is 5.52. The molecule has 0 atom stereocenters. The average Bonchev–Trinajstić information content (AvgIpc) is 2.45. The van der Waals surface area contributed by atoms with E-state index >= 15 is 0 Å². The predicted octanol–water partition coefficient (Wildman–Crippen LogP) is -0.498. The molecule has 2 rings (SSSR count). The van der Waals surface area contributed by atoms with E-state index in [1.54, 1.807) is 6.20 Å². The molecule has 0 spiro atoms. The summed E-state index contributed by atoms with van der Waals surface area (Å²) in [4.78, 5) is 21.9. The molecule has 1 amide bonds. The Kier molecular flexibility index (Phi) is 5.04. The minimum Gasteiger partial charge on any atom is -0.351 e. The number of piperazine rings is 1. The number of nitrogens with one attached hydrogen (secondary N) is 2. The first-order valence-corrected chi connectivity index (χ1v) is 6.33. The highest BCUT2D eigenvalue weighted by atomic mass is 16.1. The van der Waals surface area contributed by atoms with Crippen molar-refractivity contribution >= 4 is 5.91 Å². The zero-order valence-electron chi connectivity index (χ0n) is 10.4. The fraction of sp³-hybridized carbons (Fsp3) is 0.583. The van der Waals surface area contributed by atoms with E-state index in [0.717, 1.165) is 39.1 Å². The van der Waals surface area contributed by atoms with Crippen LogP contribution in [0.2, 0.25) is 0 Å². The van der Waals surface area contributed by atoms with Crippen LogP contribution in [-0.2, 0) is 0 Å². The first-order valence-electron chi connectivity index (χ1n) is 6.33. The quantitative estimate of drug-likeness (QED) is 0.689. The SMILES string of the molecule is O=C(NCCCN1CCNCC1)c1cnccn1. The fourth-order valence-corrected chi connectivity index (χ4v) is 1.95. The van der Waals surface area contributed by atoms with Crippen LogP contribution < -0.4 is 10.6 Å². The van der Waals surface area contributed by atoms with Gasteiger partial charge in [-0.15, -0.1) is 0 Å². The van der Waals surface area contributed by atoms with Gasteiger partial charge in [-0.2, -0.15) is 0 Å². The highest BCUT2D eigenvalue weighted by molar-refractivity contribution is 5.91. The minimum atomic E-state index is -0.150. The molecule has 0 unspecified atom stereocenters. The van der Waals surface area contributed by atoms with Gasteiger partial charge in [0.2, 0.25) is 0 Å². The lowest BCUT2D eigenvalue weighted by Gasteiger charge is -2.27. The van der Waals surface area contributed by atoms with Gasteiger partial charge in [-0.05, 0) is 13.0 Å². The molecule has 2 N–H and O–H groups in total. The smallest absolute Gasteiger partial charge is 0.271 e. The van der Waals surface area contributed by atoms with Crippen molar-refractivity contribution in [3.63, 3.8) is 0 Å². The molecule has 1 fully saturated rings. The van der Waals surface area contributed by atoms with Crippen molar-refractivity contribution in [3.05, 3.63) is 24.3 Å². The summed E-state index contributed by atoms with van der Waals surface area (Å²) in [5, 5.41) is 6.17. The lowest BCUT2D eigenvalue weighted by Crippen LogP contribution is -2.44. The number of carbonyl (C=O) groups excluding carboxylic acids is 1. The Labute approximate surface area is 107 Å². The van der Waals surface area contributed by atoms with Gasteiger partial charge in [0, 0.05) is 45.1 Å². The summed E-state index contributed by atoms with van der Waals surface area (Å²) in [7, 11) is 0. The summed E-state index contributed by atoms with van der Waals surface area (Å²) < 4.78 is 0. The Morgan fingerprint density at radius 2 is 2.22 bits per heavy atom. The Bertz CT molecular complexity index is 364. The van der Waals surface area contributed by atoms with E-state index in [2.05, 4.69) is 25.5 Å². The maximum atomic E-state index is 11.7. The first kappa shape index (κ1) is 12.9. The van der Waals surface area contributed by atoms with Crippen LogP contribution >= 0.6 is 0 Å². The maximum absolute atomic E-state index is 11.7. The zero-order valence-corrected chi connectivity index (χ0v) is 10.4. The normalized spacial score (nSPS) is 16.4. The number of hydrogen-bond donors (Lipinski definition) is 2. The predicted molar refractivity (Wildman–Crippen MR) is 68.3 cm³/mol. The van der Waals surface area contributed by atoms with Gasteiger partial charge in [0.15, 0.2) is 0 Å². The third-order valence-electron chi connectivity index (χ3n) is 2.94. The molecule has 18 heavy (non-hydrogen) atoms. The molecule has 0 saturated carbocycles. The topological polar surface area (TPSA) is 70.2 Å². The lowest BCUT2D eigenvalue weighted by atomic mass is 10.3. The highest BCUT2D eigenvalue weighted by Crippen LogP contribution is 1.94. The number of nitrogens with zero attached hydrogens (tertiary/aromatic N) is 3.